The summed E-state index contributed by atoms with van der Waals surface area (Å²) in [4.78, 5) is 14.5. The number of carbonyl (C=O) groups is 1. The number of nitrogens with one attached hydrogen (secondary N) is 1. The highest BCUT2D eigenvalue weighted by molar-refractivity contribution is 5.99. The molecule has 21 heavy (non-hydrogen) atoms. The predicted octanol–water partition coefficient (Wildman–Crippen LogP) is 1.92. The van der Waals surface area contributed by atoms with E-state index in [4.69, 9.17) is 0 Å². The third kappa shape index (κ3) is 2.83. The zero-order valence-corrected chi connectivity index (χ0v) is 11.8. The molecule has 5 heteroatoms. The number of H-pyrrole nitrogens is 1. The van der Waals surface area contributed by atoms with Crippen LogP contribution in [0.3, 0.4) is 0 Å². The molecule has 1 fully saturated rings. The quantitative estimate of drug-likeness (QED) is 0.905. The van der Waals surface area contributed by atoms with Gasteiger partial charge in [-0.2, -0.15) is 5.10 Å². The Bertz CT molecular complexity index is 609. The molecule has 0 spiro atoms. The summed E-state index contributed by atoms with van der Waals surface area (Å²) in [6.07, 6.45) is 3.51. The Kier molecular flexibility index (Phi) is 4.01. The van der Waals surface area contributed by atoms with E-state index in [0.29, 0.717) is 12.1 Å². The van der Waals surface area contributed by atoms with Gasteiger partial charge >= 0.3 is 0 Å². The minimum absolute atomic E-state index is 0.0132. The average Bonchev–Trinajstić information content (AvgIpc) is 3.04. The number of aromatic nitrogens is 2. The van der Waals surface area contributed by atoms with Gasteiger partial charge in [-0.15, -0.1) is 0 Å². The molecule has 1 amide bonds. The van der Waals surface area contributed by atoms with Gasteiger partial charge in [-0.05, 0) is 18.8 Å². The molecule has 1 aromatic heterocycles. The van der Waals surface area contributed by atoms with Crippen molar-refractivity contribution in [3.63, 3.8) is 0 Å². The van der Waals surface area contributed by atoms with E-state index in [0.717, 1.165) is 30.6 Å². The molecule has 0 radical (unpaired) electrons. The monoisotopic (exact) mass is 285 g/mol. The number of nitrogens with zero attached hydrogens (tertiary/aromatic N) is 2. The number of hydrogen-bond donors (Lipinski definition) is 2. The van der Waals surface area contributed by atoms with Crippen LogP contribution in [-0.2, 0) is 0 Å². The summed E-state index contributed by atoms with van der Waals surface area (Å²) in [5.41, 5.74) is 2.31. The number of rotatable bonds is 3. The maximum atomic E-state index is 12.7. The van der Waals surface area contributed by atoms with Crippen molar-refractivity contribution in [1.82, 2.24) is 15.1 Å². The maximum Gasteiger partial charge on any atom is 0.257 e. The molecule has 110 valence electrons. The van der Waals surface area contributed by atoms with Gasteiger partial charge in [0.25, 0.3) is 5.91 Å². The summed E-state index contributed by atoms with van der Waals surface area (Å²) in [5.74, 6) is 0.176. The minimum atomic E-state index is -0.0132. The van der Waals surface area contributed by atoms with Gasteiger partial charge in [-0.3, -0.25) is 9.89 Å². The highest BCUT2D eigenvalue weighted by Gasteiger charge is 2.26. The molecule has 0 bridgehead atoms. The third-order valence-electron chi connectivity index (χ3n) is 4.00. The fourth-order valence-corrected chi connectivity index (χ4v) is 2.84. The van der Waals surface area contributed by atoms with Gasteiger partial charge in [-0.25, -0.2) is 0 Å². The Hall–Kier alpha value is -2.14. The molecule has 3 rings (SSSR count). The van der Waals surface area contributed by atoms with Crippen molar-refractivity contribution >= 4 is 5.91 Å². The van der Waals surface area contributed by atoms with Crippen LogP contribution >= 0.6 is 0 Å². The second kappa shape index (κ2) is 6.10. The fraction of sp³-hybridized carbons (Fsp3) is 0.375. The van der Waals surface area contributed by atoms with Gasteiger partial charge < -0.3 is 10.0 Å². The first kappa shape index (κ1) is 13.8. The lowest BCUT2D eigenvalue weighted by molar-refractivity contribution is 0.0621. The van der Waals surface area contributed by atoms with Crippen LogP contribution in [0.1, 0.15) is 23.2 Å². The summed E-state index contributed by atoms with van der Waals surface area (Å²) in [6, 6.07) is 9.73. The van der Waals surface area contributed by atoms with Crippen molar-refractivity contribution in [2.45, 2.75) is 12.8 Å². The SMILES string of the molecule is O=C(c1cn[nH]c1-c1ccccc1)N1CCCC(CO)C1. The summed E-state index contributed by atoms with van der Waals surface area (Å²) in [6.45, 7) is 1.50. The van der Waals surface area contributed by atoms with Crippen LogP contribution in [0.2, 0.25) is 0 Å². The summed E-state index contributed by atoms with van der Waals surface area (Å²) in [5, 5.41) is 16.2. The van der Waals surface area contributed by atoms with Gasteiger partial charge in [0.05, 0.1) is 17.5 Å². The molecule has 1 aromatic carbocycles. The Morgan fingerprint density at radius 2 is 2.19 bits per heavy atom. The van der Waals surface area contributed by atoms with Gasteiger partial charge in [0.1, 0.15) is 0 Å². The normalized spacial score (nSPS) is 18.7. The number of amides is 1. The highest BCUT2D eigenvalue weighted by atomic mass is 16.3. The van der Waals surface area contributed by atoms with Crippen molar-refractivity contribution in [1.29, 1.82) is 0 Å². The second-order valence-electron chi connectivity index (χ2n) is 5.47. The molecule has 2 heterocycles. The fourth-order valence-electron chi connectivity index (χ4n) is 2.84. The molecule has 1 unspecified atom stereocenters. The average molecular weight is 285 g/mol. The van der Waals surface area contributed by atoms with Crippen LogP contribution in [0.4, 0.5) is 0 Å². The van der Waals surface area contributed by atoms with Crippen LogP contribution in [0.25, 0.3) is 11.3 Å². The third-order valence-corrected chi connectivity index (χ3v) is 4.00. The van der Waals surface area contributed by atoms with Gasteiger partial charge in [0.2, 0.25) is 0 Å². The standard InChI is InChI=1S/C16H19N3O2/c20-11-12-5-4-8-19(10-12)16(21)14-9-17-18-15(14)13-6-2-1-3-7-13/h1-3,6-7,9,12,20H,4-5,8,10-11H2,(H,17,18). The van der Waals surface area contributed by atoms with E-state index in [1.807, 2.05) is 35.2 Å². The van der Waals surface area contributed by atoms with E-state index >= 15 is 0 Å². The molecular formula is C16H19N3O2. The van der Waals surface area contributed by atoms with Crippen molar-refractivity contribution in [3.8, 4) is 11.3 Å². The molecule has 0 saturated carbocycles. The molecule has 0 aliphatic carbocycles. The molecule has 1 atom stereocenters. The molecule has 1 aliphatic rings. The Morgan fingerprint density at radius 1 is 1.38 bits per heavy atom. The lowest BCUT2D eigenvalue weighted by Crippen LogP contribution is -2.41. The number of hydrogen-bond acceptors (Lipinski definition) is 3. The number of benzene rings is 1. The van der Waals surface area contributed by atoms with Crippen LogP contribution in [0.15, 0.2) is 36.5 Å². The number of carbonyl (C=O) groups excluding carboxylic acids is 1. The van der Waals surface area contributed by atoms with Gasteiger partial charge in [-0.1, -0.05) is 30.3 Å². The molecule has 2 aromatic rings. The van der Waals surface area contributed by atoms with E-state index in [1.165, 1.54) is 0 Å². The summed E-state index contributed by atoms with van der Waals surface area (Å²) in [7, 11) is 0. The number of likely N-dealkylation sites (tertiary alicyclic amines) is 1. The number of aliphatic hydroxyl groups excluding tert-OH is 1. The lowest BCUT2D eigenvalue weighted by atomic mass is 9.98. The molecule has 2 N–H and O–H groups in total. The van der Waals surface area contributed by atoms with Crippen LogP contribution in [-0.4, -0.2) is 45.8 Å². The number of aromatic amines is 1. The maximum absolute atomic E-state index is 12.7. The van der Waals surface area contributed by atoms with E-state index < -0.39 is 0 Å². The molecule has 1 saturated heterocycles. The second-order valence-corrected chi connectivity index (χ2v) is 5.47. The first-order valence-corrected chi connectivity index (χ1v) is 7.28. The molecule has 5 nitrogen and oxygen atoms in total. The lowest BCUT2D eigenvalue weighted by Gasteiger charge is -2.31. The van der Waals surface area contributed by atoms with E-state index in [-0.39, 0.29) is 18.4 Å². The molecule has 1 aliphatic heterocycles. The summed E-state index contributed by atoms with van der Waals surface area (Å²) < 4.78 is 0. The molecular weight excluding hydrogens is 266 g/mol. The van der Waals surface area contributed by atoms with Gasteiger partial charge in [0, 0.05) is 25.3 Å². The van der Waals surface area contributed by atoms with E-state index in [1.54, 1.807) is 6.20 Å². The van der Waals surface area contributed by atoms with Crippen LogP contribution in [0, 0.1) is 5.92 Å². The van der Waals surface area contributed by atoms with E-state index in [2.05, 4.69) is 10.2 Å². The van der Waals surface area contributed by atoms with E-state index in [9.17, 15) is 9.90 Å². The Labute approximate surface area is 123 Å². The first-order valence-electron chi connectivity index (χ1n) is 7.28. The summed E-state index contributed by atoms with van der Waals surface area (Å²) >= 11 is 0. The Balaban J connectivity index is 1.84. The Morgan fingerprint density at radius 3 is 2.95 bits per heavy atom. The largest absolute Gasteiger partial charge is 0.396 e. The predicted molar refractivity (Wildman–Crippen MR) is 79.7 cm³/mol. The minimum Gasteiger partial charge on any atom is -0.396 e. The first-order chi connectivity index (χ1) is 10.3. The van der Waals surface area contributed by atoms with Crippen LogP contribution < -0.4 is 0 Å². The zero-order valence-electron chi connectivity index (χ0n) is 11.8. The zero-order chi connectivity index (χ0) is 14.7. The number of piperidine rings is 1. The van der Waals surface area contributed by atoms with Crippen molar-refractivity contribution in [3.05, 3.63) is 42.1 Å². The number of aliphatic hydroxyl groups is 1. The van der Waals surface area contributed by atoms with Crippen molar-refractivity contribution < 1.29 is 9.90 Å². The van der Waals surface area contributed by atoms with Crippen molar-refractivity contribution in [2.24, 2.45) is 5.92 Å². The topological polar surface area (TPSA) is 69.2 Å². The smallest absolute Gasteiger partial charge is 0.257 e. The van der Waals surface area contributed by atoms with Crippen molar-refractivity contribution in [2.75, 3.05) is 19.7 Å². The van der Waals surface area contributed by atoms with Gasteiger partial charge in [0.15, 0.2) is 0 Å². The highest BCUT2D eigenvalue weighted by Crippen LogP contribution is 2.24. The van der Waals surface area contributed by atoms with Crippen LogP contribution in [0.5, 0.6) is 0 Å².